The fourth-order valence-corrected chi connectivity index (χ4v) is 1.82. The second kappa shape index (κ2) is 4.45. The van der Waals surface area contributed by atoms with E-state index >= 15 is 0 Å². The number of hydrogen-bond acceptors (Lipinski definition) is 2. The van der Waals surface area contributed by atoms with Crippen LogP contribution in [-0.4, -0.2) is 11.1 Å². The van der Waals surface area contributed by atoms with Crippen LogP contribution in [0.15, 0.2) is 16.6 Å². The Balaban J connectivity index is 3.41. The Kier molecular flexibility index (Phi) is 3.50. The van der Waals surface area contributed by atoms with Crippen LogP contribution in [0.25, 0.3) is 0 Å². The van der Waals surface area contributed by atoms with Crippen LogP contribution in [0, 0.1) is 11.3 Å². The van der Waals surface area contributed by atoms with Gasteiger partial charge in [-0.15, -0.1) is 11.6 Å². The van der Waals surface area contributed by atoms with Gasteiger partial charge in [-0.3, -0.25) is 0 Å². The highest BCUT2D eigenvalue weighted by Gasteiger charge is 2.11. The van der Waals surface area contributed by atoms with Crippen molar-refractivity contribution in [3.05, 3.63) is 33.3 Å². The Hall–Kier alpha value is -1.05. The van der Waals surface area contributed by atoms with Gasteiger partial charge in [-0.25, -0.2) is 4.79 Å². The van der Waals surface area contributed by atoms with Crippen molar-refractivity contribution in [2.24, 2.45) is 0 Å². The lowest BCUT2D eigenvalue weighted by Crippen LogP contribution is -1.99. The first-order chi connectivity index (χ1) is 6.60. The van der Waals surface area contributed by atoms with E-state index in [-0.39, 0.29) is 17.0 Å². The number of aromatic carboxylic acids is 1. The Labute approximate surface area is 94.0 Å². The third-order valence-corrected chi connectivity index (χ3v) is 2.88. The molecule has 1 N–H and O–H groups in total. The van der Waals surface area contributed by atoms with Crippen molar-refractivity contribution in [3.63, 3.8) is 0 Å². The molecule has 0 aliphatic heterocycles. The number of hydrogen-bond donors (Lipinski definition) is 1. The summed E-state index contributed by atoms with van der Waals surface area (Å²) in [4.78, 5) is 10.7. The summed E-state index contributed by atoms with van der Waals surface area (Å²) in [5.41, 5.74) is 0.948. The summed E-state index contributed by atoms with van der Waals surface area (Å²) in [5, 5.41) is 17.5. The molecule has 0 saturated heterocycles. The monoisotopic (exact) mass is 273 g/mol. The minimum Gasteiger partial charge on any atom is -0.478 e. The summed E-state index contributed by atoms with van der Waals surface area (Å²) in [5.74, 6) is -0.906. The second-order valence-corrected chi connectivity index (χ2v) is 3.61. The van der Waals surface area contributed by atoms with E-state index in [1.54, 1.807) is 0 Å². The SMILES string of the molecule is N#Cc1cc(C(=O)O)cc(CCl)c1Br. The Bertz CT molecular complexity index is 426. The van der Waals surface area contributed by atoms with Gasteiger partial charge in [-0.05, 0) is 33.6 Å². The Morgan fingerprint density at radius 3 is 2.71 bits per heavy atom. The van der Waals surface area contributed by atoms with Gasteiger partial charge in [0.05, 0.1) is 11.1 Å². The number of nitriles is 1. The molecule has 72 valence electrons. The molecule has 0 radical (unpaired) electrons. The molecule has 0 aliphatic carbocycles. The molecule has 0 amide bonds. The summed E-state index contributed by atoms with van der Waals surface area (Å²) < 4.78 is 0.556. The minimum absolute atomic E-state index is 0.0698. The van der Waals surface area contributed by atoms with E-state index in [9.17, 15) is 4.79 Å². The molecule has 0 heterocycles. The van der Waals surface area contributed by atoms with Crippen LogP contribution in [0.4, 0.5) is 0 Å². The largest absolute Gasteiger partial charge is 0.478 e. The van der Waals surface area contributed by atoms with Crippen LogP contribution in [0.5, 0.6) is 0 Å². The molecule has 0 aromatic heterocycles. The van der Waals surface area contributed by atoms with Crippen molar-refractivity contribution < 1.29 is 9.90 Å². The molecule has 0 unspecified atom stereocenters. The maximum atomic E-state index is 10.7. The first kappa shape index (κ1) is 11.0. The fraction of sp³-hybridized carbons (Fsp3) is 0.111. The van der Waals surface area contributed by atoms with Gasteiger partial charge in [-0.1, -0.05) is 0 Å². The third-order valence-electron chi connectivity index (χ3n) is 1.66. The van der Waals surface area contributed by atoms with Gasteiger partial charge in [0.15, 0.2) is 0 Å². The van der Waals surface area contributed by atoms with Crippen LogP contribution in [-0.2, 0) is 5.88 Å². The molecule has 0 atom stereocenters. The molecular weight excluding hydrogens is 269 g/mol. The number of alkyl halides is 1. The van der Waals surface area contributed by atoms with Crippen LogP contribution >= 0.6 is 27.5 Å². The number of carboxylic acids is 1. The molecule has 1 rings (SSSR count). The number of benzene rings is 1. The van der Waals surface area contributed by atoms with Gasteiger partial charge in [0, 0.05) is 10.4 Å². The van der Waals surface area contributed by atoms with E-state index in [1.165, 1.54) is 12.1 Å². The zero-order valence-electron chi connectivity index (χ0n) is 6.92. The third kappa shape index (κ3) is 2.06. The van der Waals surface area contributed by atoms with Crippen molar-refractivity contribution in [3.8, 4) is 6.07 Å². The van der Waals surface area contributed by atoms with Gasteiger partial charge in [0.1, 0.15) is 6.07 Å². The number of carbonyl (C=O) groups is 1. The number of rotatable bonds is 2. The van der Waals surface area contributed by atoms with Crippen molar-refractivity contribution in [2.45, 2.75) is 5.88 Å². The van der Waals surface area contributed by atoms with Crippen LogP contribution in [0.2, 0.25) is 0 Å². The molecule has 5 heteroatoms. The summed E-state index contributed by atoms with van der Waals surface area (Å²) in [6.07, 6.45) is 0. The molecule has 1 aromatic rings. The molecular formula is C9H5BrClNO2. The Morgan fingerprint density at radius 2 is 2.29 bits per heavy atom. The highest BCUT2D eigenvalue weighted by molar-refractivity contribution is 9.10. The molecule has 14 heavy (non-hydrogen) atoms. The van der Waals surface area contributed by atoms with E-state index in [2.05, 4.69) is 15.9 Å². The highest BCUT2D eigenvalue weighted by atomic mass is 79.9. The average Bonchev–Trinajstić information content (AvgIpc) is 2.17. The summed E-state index contributed by atoms with van der Waals surface area (Å²) >= 11 is 8.79. The number of carboxylic acid groups (broad SMARTS) is 1. The summed E-state index contributed by atoms with van der Waals surface area (Å²) in [7, 11) is 0. The standard InChI is InChI=1S/C9H5BrClNO2/c10-8-6(3-11)1-5(9(13)14)2-7(8)4-12/h1-2H,3H2,(H,13,14). The predicted molar refractivity (Wildman–Crippen MR) is 55.4 cm³/mol. The van der Waals surface area contributed by atoms with E-state index < -0.39 is 5.97 Å². The van der Waals surface area contributed by atoms with Crippen LogP contribution < -0.4 is 0 Å². The molecule has 0 aliphatic rings. The maximum Gasteiger partial charge on any atom is 0.335 e. The van der Waals surface area contributed by atoms with Crippen molar-refractivity contribution in [1.82, 2.24) is 0 Å². The fourth-order valence-electron chi connectivity index (χ4n) is 0.987. The van der Waals surface area contributed by atoms with Gasteiger partial charge < -0.3 is 5.11 Å². The van der Waals surface area contributed by atoms with Crippen molar-refractivity contribution >= 4 is 33.5 Å². The van der Waals surface area contributed by atoms with Crippen LogP contribution in [0.3, 0.4) is 0 Å². The van der Waals surface area contributed by atoms with E-state index in [1.807, 2.05) is 6.07 Å². The lowest BCUT2D eigenvalue weighted by Gasteiger charge is -2.04. The molecule has 0 spiro atoms. The summed E-state index contributed by atoms with van der Waals surface area (Å²) in [6, 6.07) is 4.65. The van der Waals surface area contributed by atoms with Gasteiger partial charge in [0.25, 0.3) is 0 Å². The Morgan fingerprint density at radius 1 is 1.64 bits per heavy atom. The van der Waals surface area contributed by atoms with Gasteiger partial charge >= 0.3 is 5.97 Å². The van der Waals surface area contributed by atoms with E-state index in [0.29, 0.717) is 10.0 Å². The topological polar surface area (TPSA) is 61.1 Å². The second-order valence-electron chi connectivity index (χ2n) is 2.55. The zero-order valence-corrected chi connectivity index (χ0v) is 9.26. The molecule has 1 aromatic carbocycles. The lowest BCUT2D eigenvalue weighted by molar-refractivity contribution is 0.0696. The minimum atomic E-state index is -1.07. The highest BCUT2D eigenvalue weighted by Crippen LogP contribution is 2.24. The number of nitrogens with zero attached hydrogens (tertiary/aromatic N) is 1. The molecule has 0 saturated carbocycles. The van der Waals surface area contributed by atoms with E-state index in [0.717, 1.165) is 0 Å². The van der Waals surface area contributed by atoms with Gasteiger partial charge in [0.2, 0.25) is 0 Å². The van der Waals surface area contributed by atoms with Crippen molar-refractivity contribution in [1.29, 1.82) is 5.26 Å². The average molecular weight is 275 g/mol. The van der Waals surface area contributed by atoms with Crippen LogP contribution in [0.1, 0.15) is 21.5 Å². The van der Waals surface area contributed by atoms with Gasteiger partial charge in [-0.2, -0.15) is 5.26 Å². The van der Waals surface area contributed by atoms with Crippen molar-refractivity contribution in [2.75, 3.05) is 0 Å². The molecule has 0 fully saturated rings. The lowest BCUT2D eigenvalue weighted by atomic mass is 10.1. The first-order valence-corrected chi connectivity index (χ1v) is 4.94. The number of halogens is 2. The molecule has 0 bridgehead atoms. The zero-order chi connectivity index (χ0) is 10.7. The van der Waals surface area contributed by atoms with E-state index in [4.69, 9.17) is 22.0 Å². The maximum absolute atomic E-state index is 10.7. The normalized spacial score (nSPS) is 9.50. The first-order valence-electron chi connectivity index (χ1n) is 3.62. The predicted octanol–water partition coefficient (Wildman–Crippen LogP) is 2.76. The summed E-state index contributed by atoms with van der Waals surface area (Å²) in [6.45, 7) is 0. The quantitative estimate of drug-likeness (QED) is 0.844. The molecule has 3 nitrogen and oxygen atoms in total. The smallest absolute Gasteiger partial charge is 0.335 e.